The van der Waals surface area contributed by atoms with Crippen LogP contribution >= 0.6 is 0 Å². The summed E-state index contributed by atoms with van der Waals surface area (Å²) in [6.07, 6.45) is 2.75. The predicted molar refractivity (Wildman–Crippen MR) is 111 cm³/mol. The largest absolute Gasteiger partial charge is 0.493 e. The molecular formula is C22H24N4O2. The summed E-state index contributed by atoms with van der Waals surface area (Å²) in [7, 11) is 5.32. The molecule has 0 aliphatic carbocycles. The minimum absolute atomic E-state index is 0.682. The first-order valence-electron chi connectivity index (χ1n) is 9.30. The van der Waals surface area contributed by atoms with Crippen LogP contribution in [0.5, 0.6) is 11.5 Å². The van der Waals surface area contributed by atoms with Crippen molar-refractivity contribution in [3.05, 3.63) is 65.9 Å². The maximum atomic E-state index is 5.47. The summed E-state index contributed by atoms with van der Waals surface area (Å²) in [5.74, 6) is 3.15. The summed E-state index contributed by atoms with van der Waals surface area (Å²) < 4.78 is 10.9. The highest BCUT2D eigenvalue weighted by Crippen LogP contribution is 2.34. The molecule has 2 heterocycles. The zero-order valence-corrected chi connectivity index (χ0v) is 16.4. The van der Waals surface area contributed by atoms with Gasteiger partial charge in [-0.15, -0.1) is 0 Å². The molecule has 0 N–H and O–H groups in total. The molecule has 144 valence electrons. The first kappa shape index (κ1) is 18.1. The lowest BCUT2D eigenvalue weighted by molar-refractivity contribution is 0.353. The van der Waals surface area contributed by atoms with E-state index in [1.807, 2.05) is 54.5 Å². The molecule has 28 heavy (non-hydrogen) atoms. The molecule has 2 aromatic carbocycles. The van der Waals surface area contributed by atoms with Crippen LogP contribution in [0.1, 0.15) is 11.1 Å². The lowest BCUT2D eigenvalue weighted by Gasteiger charge is -2.31. The van der Waals surface area contributed by atoms with Gasteiger partial charge in [-0.05, 0) is 47.9 Å². The summed E-state index contributed by atoms with van der Waals surface area (Å²) in [6, 6.07) is 16.2. The van der Waals surface area contributed by atoms with E-state index in [0.29, 0.717) is 5.95 Å². The van der Waals surface area contributed by atoms with Crippen LogP contribution in [0.15, 0.2) is 54.7 Å². The molecule has 0 saturated heterocycles. The molecule has 0 radical (unpaired) electrons. The van der Waals surface area contributed by atoms with Gasteiger partial charge in [0.1, 0.15) is 5.82 Å². The second kappa shape index (κ2) is 7.76. The van der Waals surface area contributed by atoms with E-state index in [1.54, 1.807) is 14.2 Å². The van der Waals surface area contributed by atoms with Crippen molar-refractivity contribution < 1.29 is 9.47 Å². The fourth-order valence-electron chi connectivity index (χ4n) is 3.52. The lowest BCUT2D eigenvalue weighted by Crippen LogP contribution is -2.31. The van der Waals surface area contributed by atoms with Crippen LogP contribution < -0.4 is 19.3 Å². The third-order valence-corrected chi connectivity index (χ3v) is 5.11. The van der Waals surface area contributed by atoms with Gasteiger partial charge in [0.2, 0.25) is 5.95 Å². The smallest absolute Gasteiger partial charge is 0.231 e. The van der Waals surface area contributed by atoms with E-state index in [2.05, 4.69) is 22.0 Å². The maximum absolute atomic E-state index is 5.47. The van der Waals surface area contributed by atoms with Gasteiger partial charge in [-0.3, -0.25) is 0 Å². The molecule has 1 aliphatic rings. The third-order valence-electron chi connectivity index (χ3n) is 5.11. The molecule has 1 aliphatic heterocycles. The number of rotatable bonds is 5. The van der Waals surface area contributed by atoms with Gasteiger partial charge in [-0.1, -0.05) is 18.2 Å². The van der Waals surface area contributed by atoms with Crippen LogP contribution in [0.4, 0.5) is 17.5 Å². The normalized spacial score (nSPS) is 13.0. The van der Waals surface area contributed by atoms with Gasteiger partial charge in [0.05, 0.1) is 14.2 Å². The van der Waals surface area contributed by atoms with Gasteiger partial charge in [0.15, 0.2) is 11.5 Å². The fourth-order valence-corrected chi connectivity index (χ4v) is 3.52. The predicted octanol–water partition coefficient (Wildman–Crippen LogP) is 3.82. The molecule has 0 fully saturated rings. The number of benzene rings is 2. The van der Waals surface area contributed by atoms with Crippen LogP contribution in [0, 0.1) is 0 Å². The van der Waals surface area contributed by atoms with Gasteiger partial charge in [0, 0.05) is 32.0 Å². The highest BCUT2D eigenvalue weighted by atomic mass is 16.5. The van der Waals surface area contributed by atoms with E-state index in [4.69, 9.17) is 14.5 Å². The quantitative estimate of drug-likeness (QED) is 0.675. The molecule has 0 amide bonds. The molecule has 6 nitrogen and oxygen atoms in total. The van der Waals surface area contributed by atoms with Crippen LogP contribution in [0.2, 0.25) is 0 Å². The number of hydrogen-bond donors (Lipinski definition) is 0. The van der Waals surface area contributed by atoms with Crippen LogP contribution in [0.25, 0.3) is 0 Å². The number of hydrogen-bond acceptors (Lipinski definition) is 6. The summed E-state index contributed by atoms with van der Waals surface area (Å²) in [6.45, 7) is 1.68. The Kier molecular flexibility index (Phi) is 5.02. The van der Waals surface area contributed by atoms with Crippen LogP contribution in [-0.2, 0) is 13.0 Å². The fraction of sp³-hybridized carbons (Fsp3) is 0.273. The highest BCUT2D eigenvalue weighted by molar-refractivity contribution is 5.58. The number of anilines is 3. The van der Waals surface area contributed by atoms with E-state index in [0.717, 1.165) is 42.5 Å². The topological polar surface area (TPSA) is 50.7 Å². The van der Waals surface area contributed by atoms with Crippen molar-refractivity contribution in [3.63, 3.8) is 0 Å². The van der Waals surface area contributed by atoms with Gasteiger partial charge in [-0.2, -0.15) is 4.98 Å². The standard InChI is InChI=1S/C22H24N4O2/c1-25(18-7-5-4-6-8-18)22-23-11-9-21(24-22)26-12-10-16-13-19(27-2)20(28-3)14-17(16)15-26/h4-9,11,13-14H,10,12,15H2,1-3H3. The summed E-state index contributed by atoms with van der Waals surface area (Å²) in [5, 5.41) is 0. The van der Waals surface area contributed by atoms with Crippen molar-refractivity contribution in [2.45, 2.75) is 13.0 Å². The summed E-state index contributed by atoms with van der Waals surface area (Å²) in [5.41, 5.74) is 3.59. The number of methoxy groups -OCH3 is 2. The Bertz CT molecular complexity index is 962. The second-order valence-corrected chi connectivity index (χ2v) is 6.76. The number of aromatic nitrogens is 2. The van der Waals surface area contributed by atoms with Gasteiger partial charge in [0.25, 0.3) is 0 Å². The van der Waals surface area contributed by atoms with Crippen LogP contribution in [-0.4, -0.2) is 37.8 Å². The van der Waals surface area contributed by atoms with E-state index < -0.39 is 0 Å². The average Bonchev–Trinajstić information content (AvgIpc) is 2.77. The third kappa shape index (κ3) is 3.45. The molecule has 0 bridgehead atoms. The molecule has 0 saturated carbocycles. The Morgan fingerprint density at radius 3 is 2.39 bits per heavy atom. The first-order valence-corrected chi connectivity index (χ1v) is 9.30. The van der Waals surface area contributed by atoms with Crippen molar-refractivity contribution >= 4 is 17.5 Å². The van der Waals surface area contributed by atoms with Crippen molar-refractivity contribution in [2.24, 2.45) is 0 Å². The van der Waals surface area contributed by atoms with Crippen LogP contribution in [0.3, 0.4) is 0 Å². The molecule has 6 heteroatoms. The zero-order valence-electron chi connectivity index (χ0n) is 16.4. The Balaban J connectivity index is 1.59. The Labute approximate surface area is 165 Å². The number of fused-ring (bicyclic) bond motifs is 1. The number of para-hydroxylation sites is 1. The summed E-state index contributed by atoms with van der Waals surface area (Å²) >= 11 is 0. The second-order valence-electron chi connectivity index (χ2n) is 6.76. The van der Waals surface area contributed by atoms with Gasteiger partial charge in [-0.25, -0.2) is 4.98 Å². The van der Waals surface area contributed by atoms with Gasteiger partial charge >= 0.3 is 0 Å². The Hall–Kier alpha value is -3.28. The Morgan fingerprint density at radius 2 is 1.68 bits per heavy atom. The van der Waals surface area contributed by atoms with Gasteiger partial charge < -0.3 is 19.3 Å². The molecule has 0 unspecified atom stereocenters. The average molecular weight is 376 g/mol. The minimum atomic E-state index is 0.682. The molecule has 0 spiro atoms. The monoisotopic (exact) mass is 376 g/mol. The number of ether oxygens (including phenoxy) is 2. The molecule has 3 aromatic rings. The number of nitrogens with zero attached hydrogens (tertiary/aromatic N) is 4. The molecule has 4 rings (SSSR count). The molecular weight excluding hydrogens is 352 g/mol. The SMILES string of the molecule is COc1cc2c(cc1OC)CN(c1ccnc(N(C)c3ccccc3)n1)CC2. The highest BCUT2D eigenvalue weighted by Gasteiger charge is 2.21. The maximum Gasteiger partial charge on any atom is 0.231 e. The summed E-state index contributed by atoms with van der Waals surface area (Å²) in [4.78, 5) is 13.5. The van der Waals surface area contributed by atoms with Crippen molar-refractivity contribution in [2.75, 3.05) is 37.6 Å². The van der Waals surface area contributed by atoms with E-state index >= 15 is 0 Å². The van der Waals surface area contributed by atoms with E-state index in [-0.39, 0.29) is 0 Å². The van der Waals surface area contributed by atoms with Crippen molar-refractivity contribution in [1.82, 2.24) is 9.97 Å². The minimum Gasteiger partial charge on any atom is -0.493 e. The van der Waals surface area contributed by atoms with Crippen molar-refractivity contribution in [1.29, 1.82) is 0 Å². The van der Waals surface area contributed by atoms with E-state index in [9.17, 15) is 0 Å². The molecule has 0 atom stereocenters. The zero-order chi connectivity index (χ0) is 19.5. The van der Waals surface area contributed by atoms with Crippen molar-refractivity contribution in [3.8, 4) is 11.5 Å². The first-order chi connectivity index (χ1) is 13.7. The Morgan fingerprint density at radius 1 is 0.964 bits per heavy atom. The van der Waals surface area contributed by atoms with E-state index in [1.165, 1.54) is 11.1 Å². The lowest BCUT2D eigenvalue weighted by atomic mass is 9.99. The molecule has 1 aromatic heterocycles.